The number of aryl methyl sites for hydroxylation is 1. The average Bonchev–Trinajstić information content (AvgIpc) is 2.32. The molecule has 0 aliphatic carbocycles. The highest BCUT2D eigenvalue weighted by Gasteiger charge is 2.01. The van der Waals surface area contributed by atoms with Gasteiger partial charge in [-0.25, -0.2) is 4.98 Å². The first-order valence-corrected chi connectivity index (χ1v) is 6.31. The van der Waals surface area contributed by atoms with E-state index < -0.39 is 0 Å². The van der Waals surface area contributed by atoms with Crippen LogP contribution >= 0.6 is 27.5 Å². The van der Waals surface area contributed by atoms with Gasteiger partial charge in [0.15, 0.2) is 0 Å². The molecule has 1 aromatic heterocycles. The Morgan fingerprint density at radius 2 is 2.12 bits per heavy atom. The number of hydrogen-bond donors (Lipinski definition) is 0. The molecule has 2 aromatic rings. The Balaban J connectivity index is 2.07. The lowest BCUT2D eigenvalue weighted by atomic mass is 10.2. The second-order valence-electron chi connectivity index (χ2n) is 3.69. The highest BCUT2D eigenvalue weighted by atomic mass is 79.9. The smallest absolute Gasteiger partial charge is 0.129 e. The lowest BCUT2D eigenvalue weighted by Gasteiger charge is -2.09. The highest BCUT2D eigenvalue weighted by Crippen LogP contribution is 2.23. The van der Waals surface area contributed by atoms with Crippen molar-refractivity contribution in [1.29, 1.82) is 0 Å². The molecule has 0 aliphatic rings. The van der Waals surface area contributed by atoms with Gasteiger partial charge in [0.25, 0.3) is 0 Å². The van der Waals surface area contributed by atoms with Crippen LogP contribution in [-0.2, 0) is 6.61 Å². The van der Waals surface area contributed by atoms with Crippen molar-refractivity contribution in [3.8, 4) is 5.75 Å². The second-order valence-corrected chi connectivity index (χ2v) is 4.99. The fourth-order valence-electron chi connectivity index (χ4n) is 1.38. The van der Waals surface area contributed by atoms with E-state index in [4.69, 9.17) is 16.3 Å². The molecule has 1 heterocycles. The van der Waals surface area contributed by atoms with E-state index in [9.17, 15) is 0 Å². The molecule has 88 valence electrons. The summed E-state index contributed by atoms with van der Waals surface area (Å²) in [6, 6.07) is 9.63. The SMILES string of the molecule is Cc1ccc(Br)cc1OCc1ccc(Cl)nc1. The minimum Gasteiger partial charge on any atom is -0.489 e. The van der Waals surface area contributed by atoms with Gasteiger partial charge < -0.3 is 4.74 Å². The van der Waals surface area contributed by atoms with Crippen LogP contribution in [-0.4, -0.2) is 4.98 Å². The first kappa shape index (κ1) is 12.4. The maximum absolute atomic E-state index is 5.73. The first-order chi connectivity index (χ1) is 8.15. The molecule has 0 atom stereocenters. The molecule has 0 radical (unpaired) electrons. The van der Waals surface area contributed by atoms with Crippen LogP contribution in [0.3, 0.4) is 0 Å². The van der Waals surface area contributed by atoms with E-state index in [1.54, 1.807) is 12.3 Å². The van der Waals surface area contributed by atoms with Crippen LogP contribution in [0.2, 0.25) is 5.15 Å². The van der Waals surface area contributed by atoms with E-state index in [0.29, 0.717) is 11.8 Å². The summed E-state index contributed by atoms with van der Waals surface area (Å²) in [5.74, 6) is 0.870. The molecule has 0 aliphatic heterocycles. The summed E-state index contributed by atoms with van der Waals surface area (Å²) >= 11 is 9.14. The Hall–Kier alpha value is -1.06. The maximum Gasteiger partial charge on any atom is 0.129 e. The number of halogens is 2. The topological polar surface area (TPSA) is 22.1 Å². The average molecular weight is 313 g/mol. The standard InChI is InChI=1S/C13H11BrClNO/c1-9-2-4-11(14)6-12(9)17-8-10-3-5-13(15)16-7-10/h2-7H,8H2,1H3. The van der Waals surface area contributed by atoms with Gasteiger partial charge in [-0.2, -0.15) is 0 Å². The van der Waals surface area contributed by atoms with Crippen molar-refractivity contribution in [2.24, 2.45) is 0 Å². The van der Waals surface area contributed by atoms with Gasteiger partial charge in [-0.15, -0.1) is 0 Å². The van der Waals surface area contributed by atoms with Crippen LogP contribution in [0.5, 0.6) is 5.75 Å². The molecule has 0 fully saturated rings. The molecule has 17 heavy (non-hydrogen) atoms. The van der Waals surface area contributed by atoms with Gasteiger partial charge >= 0.3 is 0 Å². The number of pyridine rings is 1. The predicted molar refractivity (Wildman–Crippen MR) is 72.5 cm³/mol. The lowest BCUT2D eigenvalue weighted by molar-refractivity contribution is 0.303. The molecular weight excluding hydrogens is 302 g/mol. The third-order valence-electron chi connectivity index (χ3n) is 2.33. The molecular formula is C13H11BrClNO. The molecule has 0 unspecified atom stereocenters. The van der Waals surface area contributed by atoms with Crippen molar-refractivity contribution in [3.63, 3.8) is 0 Å². The molecule has 0 N–H and O–H groups in total. The molecule has 0 amide bonds. The Labute approximate surface area is 114 Å². The first-order valence-electron chi connectivity index (χ1n) is 5.14. The fourth-order valence-corrected chi connectivity index (χ4v) is 1.83. The van der Waals surface area contributed by atoms with Crippen LogP contribution in [0.25, 0.3) is 0 Å². The fraction of sp³-hybridized carbons (Fsp3) is 0.154. The summed E-state index contributed by atoms with van der Waals surface area (Å²) in [4.78, 5) is 4.01. The minimum atomic E-state index is 0.488. The summed E-state index contributed by atoms with van der Waals surface area (Å²) in [5.41, 5.74) is 2.10. The van der Waals surface area contributed by atoms with Crippen molar-refractivity contribution in [2.75, 3.05) is 0 Å². The zero-order valence-corrected chi connectivity index (χ0v) is 11.6. The van der Waals surface area contributed by atoms with Crippen LogP contribution in [0.1, 0.15) is 11.1 Å². The third-order valence-corrected chi connectivity index (χ3v) is 3.05. The zero-order chi connectivity index (χ0) is 12.3. The van der Waals surface area contributed by atoms with Crippen LogP contribution < -0.4 is 4.74 Å². The normalized spacial score (nSPS) is 10.3. The number of benzene rings is 1. The predicted octanol–water partition coefficient (Wildman–Crippen LogP) is 4.38. The summed E-state index contributed by atoms with van der Waals surface area (Å²) in [6.07, 6.45) is 1.72. The quantitative estimate of drug-likeness (QED) is 0.784. The van der Waals surface area contributed by atoms with E-state index in [1.807, 2.05) is 31.2 Å². The van der Waals surface area contributed by atoms with E-state index >= 15 is 0 Å². The van der Waals surface area contributed by atoms with Gasteiger partial charge in [0.05, 0.1) is 0 Å². The zero-order valence-electron chi connectivity index (χ0n) is 9.28. The Kier molecular flexibility index (Phi) is 4.02. The minimum absolute atomic E-state index is 0.488. The van der Waals surface area contributed by atoms with E-state index in [-0.39, 0.29) is 0 Å². The number of nitrogens with zero attached hydrogens (tertiary/aromatic N) is 1. The van der Waals surface area contributed by atoms with Crippen molar-refractivity contribution >= 4 is 27.5 Å². The van der Waals surface area contributed by atoms with E-state index in [2.05, 4.69) is 20.9 Å². The van der Waals surface area contributed by atoms with Crippen molar-refractivity contribution in [2.45, 2.75) is 13.5 Å². The summed E-state index contributed by atoms with van der Waals surface area (Å²) in [7, 11) is 0. The Bertz CT molecular complexity index is 513. The Morgan fingerprint density at radius 3 is 2.82 bits per heavy atom. The molecule has 0 saturated heterocycles. The molecule has 0 saturated carbocycles. The van der Waals surface area contributed by atoms with Gasteiger partial charge in [0, 0.05) is 16.2 Å². The van der Waals surface area contributed by atoms with Gasteiger partial charge in [0.1, 0.15) is 17.5 Å². The summed E-state index contributed by atoms with van der Waals surface area (Å²) < 4.78 is 6.74. The monoisotopic (exact) mass is 311 g/mol. The van der Waals surface area contributed by atoms with Crippen LogP contribution in [0.15, 0.2) is 41.0 Å². The van der Waals surface area contributed by atoms with Crippen molar-refractivity contribution < 1.29 is 4.74 Å². The largest absolute Gasteiger partial charge is 0.489 e. The molecule has 0 spiro atoms. The van der Waals surface area contributed by atoms with Crippen LogP contribution in [0, 0.1) is 6.92 Å². The second kappa shape index (κ2) is 5.52. The molecule has 4 heteroatoms. The maximum atomic E-state index is 5.73. The Morgan fingerprint density at radius 1 is 1.29 bits per heavy atom. The molecule has 2 nitrogen and oxygen atoms in total. The third kappa shape index (κ3) is 3.45. The van der Waals surface area contributed by atoms with Crippen molar-refractivity contribution in [1.82, 2.24) is 4.98 Å². The van der Waals surface area contributed by atoms with Gasteiger partial charge in [-0.1, -0.05) is 39.7 Å². The molecule has 0 bridgehead atoms. The molecule has 2 rings (SSSR count). The van der Waals surface area contributed by atoms with Gasteiger partial charge in [-0.3, -0.25) is 0 Å². The van der Waals surface area contributed by atoms with Gasteiger partial charge in [0.2, 0.25) is 0 Å². The number of rotatable bonds is 3. The number of ether oxygens (including phenoxy) is 1. The lowest BCUT2D eigenvalue weighted by Crippen LogP contribution is -1.97. The van der Waals surface area contributed by atoms with E-state index in [0.717, 1.165) is 21.3 Å². The summed E-state index contributed by atoms with van der Waals surface area (Å²) in [6.45, 7) is 2.50. The number of aromatic nitrogens is 1. The number of hydrogen-bond acceptors (Lipinski definition) is 2. The van der Waals surface area contributed by atoms with Gasteiger partial charge in [-0.05, 0) is 30.7 Å². The van der Waals surface area contributed by atoms with Crippen LogP contribution in [0.4, 0.5) is 0 Å². The highest BCUT2D eigenvalue weighted by molar-refractivity contribution is 9.10. The van der Waals surface area contributed by atoms with E-state index in [1.165, 1.54) is 0 Å². The molecule has 1 aromatic carbocycles. The van der Waals surface area contributed by atoms with Crippen molar-refractivity contribution in [3.05, 3.63) is 57.3 Å². The summed E-state index contributed by atoms with van der Waals surface area (Å²) in [5, 5.41) is 0.493.